The maximum absolute atomic E-state index is 5.85. The van der Waals surface area contributed by atoms with Crippen molar-refractivity contribution in [3.8, 4) is 5.75 Å². The number of hydrogen-bond acceptors (Lipinski definition) is 3. The SMILES string of the molecule is CC1(C)CCc2cc(NN)ccc2O1. The minimum absolute atomic E-state index is 0.0370. The number of hydrazine groups is 1. The highest BCUT2D eigenvalue weighted by Gasteiger charge is 2.26. The van der Waals surface area contributed by atoms with Gasteiger partial charge in [-0.1, -0.05) is 0 Å². The minimum atomic E-state index is -0.0370. The van der Waals surface area contributed by atoms with Gasteiger partial charge in [-0.05, 0) is 50.5 Å². The molecule has 14 heavy (non-hydrogen) atoms. The molecule has 0 unspecified atom stereocenters. The van der Waals surface area contributed by atoms with Crippen LogP contribution in [-0.2, 0) is 6.42 Å². The van der Waals surface area contributed by atoms with E-state index in [9.17, 15) is 0 Å². The van der Waals surface area contributed by atoms with E-state index in [1.54, 1.807) is 0 Å². The van der Waals surface area contributed by atoms with Crippen molar-refractivity contribution in [1.29, 1.82) is 0 Å². The number of ether oxygens (including phenoxy) is 1. The second-order valence-corrected chi connectivity index (χ2v) is 4.33. The standard InChI is InChI=1S/C11H16N2O/c1-11(2)6-5-8-7-9(13-12)3-4-10(8)14-11/h3-4,7,13H,5-6,12H2,1-2H3. The number of benzene rings is 1. The molecule has 0 bridgehead atoms. The Morgan fingerprint density at radius 1 is 1.43 bits per heavy atom. The van der Waals surface area contributed by atoms with Crippen molar-refractivity contribution in [2.45, 2.75) is 32.3 Å². The predicted molar refractivity (Wildman–Crippen MR) is 57.3 cm³/mol. The Kier molecular flexibility index (Phi) is 2.11. The summed E-state index contributed by atoms with van der Waals surface area (Å²) >= 11 is 0. The fourth-order valence-corrected chi connectivity index (χ4v) is 1.75. The molecule has 3 heteroatoms. The molecule has 2 rings (SSSR count). The lowest BCUT2D eigenvalue weighted by atomic mass is 9.94. The van der Waals surface area contributed by atoms with Crippen molar-refractivity contribution in [2.75, 3.05) is 5.43 Å². The number of nitrogens with one attached hydrogen (secondary N) is 1. The molecule has 0 atom stereocenters. The van der Waals surface area contributed by atoms with Gasteiger partial charge >= 0.3 is 0 Å². The fraction of sp³-hybridized carbons (Fsp3) is 0.455. The lowest BCUT2D eigenvalue weighted by molar-refractivity contribution is 0.0847. The van der Waals surface area contributed by atoms with Crippen molar-refractivity contribution in [1.82, 2.24) is 0 Å². The summed E-state index contributed by atoms with van der Waals surface area (Å²) in [5.41, 5.74) is 4.78. The molecule has 1 heterocycles. The highest BCUT2D eigenvalue weighted by atomic mass is 16.5. The van der Waals surface area contributed by atoms with E-state index in [1.807, 2.05) is 18.2 Å². The van der Waals surface area contributed by atoms with Gasteiger partial charge in [-0.25, -0.2) is 0 Å². The fourth-order valence-electron chi connectivity index (χ4n) is 1.75. The van der Waals surface area contributed by atoms with Gasteiger partial charge in [-0.3, -0.25) is 5.84 Å². The lowest BCUT2D eigenvalue weighted by Gasteiger charge is -2.32. The third-order valence-electron chi connectivity index (χ3n) is 2.61. The number of nitrogen functional groups attached to an aromatic ring is 1. The zero-order chi connectivity index (χ0) is 10.2. The van der Waals surface area contributed by atoms with E-state index in [1.165, 1.54) is 5.56 Å². The normalized spacial score (nSPS) is 18.2. The van der Waals surface area contributed by atoms with Crippen LogP contribution in [-0.4, -0.2) is 5.60 Å². The number of hydrogen-bond donors (Lipinski definition) is 2. The molecule has 76 valence electrons. The molecule has 3 nitrogen and oxygen atoms in total. The maximum atomic E-state index is 5.85. The van der Waals surface area contributed by atoms with Crippen LogP contribution in [0, 0.1) is 0 Å². The quantitative estimate of drug-likeness (QED) is 0.529. The first-order valence-corrected chi connectivity index (χ1v) is 4.89. The number of fused-ring (bicyclic) bond motifs is 1. The van der Waals surface area contributed by atoms with Crippen LogP contribution in [0.5, 0.6) is 5.75 Å². The molecule has 0 spiro atoms. The summed E-state index contributed by atoms with van der Waals surface area (Å²) in [6.07, 6.45) is 2.10. The summed E-state index contributed by atoms with van der Waals surface area (Å²) in [6.45, 7) is 4.23. The minimum Gasteiger partial charge on any atom is -0.488 e. The number of rotatable bonds is 1. The van der Waals surface area contributed by atoms with Crippen molar-refractivity contribution in [3.63, 3.8) is 0 Å². The van der Waals surface area contributed by atoms with E-state index in [0.717, 1.165) is 24.3 Å². The molecule has 0 saturated carbocycles. The first-order valence-electron chi connectivity index (χ1n) is 4.89. The monoisotopic (exact) mass is 192 g/mol. The second-order valence-electron chi connectivity index (χ2n) is 4.33. The van der Waals surface area contributed by atoms with Gasteiger partial charge in [0.25, 0.3) is 0 Å². The van der Waals surface area contributed by atoms with Crippen LogP contribution >= 0.6 is 0 Å². The molecule has 0 aliphatic carbocycles. The smallest absolute Gasteiger partial charge is 0.123 e. The molecule has 1 aromatic rings. The molecule has 0 saturated heterocycles. The number of anilines is 1. The van der Waals surface area contributed by atoms with Crippen LogP contribution < -0.4 is 16.0 Å². The van der Waals surface area contributed by atoms with Gasteiger partial charge in [0, 0.05) is 5.69 Å². The Morgan fingerprint density at radius 2 is 2.21 bits per heavy atom. The van der Waals surface area contributed by atoms with E-state index < -0.39 is 0 Å². The Labute approximate surface area is 84.2 Å². The average molecular weight is 192 g/mol. The molecule has 1 aliphatic rings. The van der Waals surface area contributed by atoms with E-state index >= 15 is 0 Å². The second kappa shape index (κ2) is 3.17. The van der Waals surface area contributed by atoms with Crippen LogP contribution in [0.3, 0.4) is 0 Å². The molecule has 0 fully saturated rings. The summed E-state index contributed by atoms with van der Waals surface area (Å²) in [7, 11) is 0. The largest absolute Gasteiger partial charge is 0.488 e. The molecule has 0 amide bonds. The molecule has 1 aromatic carbocycles. The Morgan fingerprint density at radius 3 is 2.93 bits per heavy atom. The van der Waals surface area contributed by atoms with Gasteiger partial charge in [-0.2, -0.15) is 0 Å². The van der Waals surface area contributed by atoms with Crippen LogP contribution in [0.15, 0.2) is 18.2 Å². The zero-order valence-electron chi connectivity index (χ0n) is 8.63. The van der Waals surface area contributed by atoms with Crippen LogP contribution in [0.2, 0.25) is 0 Å². The van der Waals surface area contributed by atoms with Gasteiger partial charge in [0.2, 0.25) is 0 Å². The third kappa shape index (κ3) is 1.68. The van der Waals surface area contributed by atoms with E-state index in [-0.39, 0.29) is 5.60 Å². The summed E-state index contributed by atoms with van der Waals surface area (Å²) in [5.74, 6) is 6.33. The van der Waals surface area contributed by atoms with Gasteiger partial charge in [0.15, 0.2) is 0 Å². The maximum Gasteiger partial charge on any atom is 0.123 e. The van der Waals surface area contributed by atoms with Gasteiger partial charge in [-0.15, -0.1) is 0 Å². The first-order chi connectivity index (χ1) is 6.61. The van der Waals surface area contributed by atoms with Gasteiger partial charge < -0.3 is 10.2 Å². The Balaban J connectivity index is 2.32. The zero-order valence-corrected chi connectivity index (χ0v) is 8.63. The third-order valence-corrected chi connectivity index (χ3v) is 2.61. The first kappa shape index (κ1) is 9.34. The van der Waals surface area contributed by atoms with Crippen molar-refractivity contribution < 1.29 is 4.74 Å². The summed E-state index contributed by atoms with van der Waals surface area (Å²) < 4.78 is 5.85. The van der Waals surface area contributed by atoms with Gasteiger partial charge in [0.05, 0.1) is 0 Å². The summed E-state index contributed by atoms with van der Waals surface area (Å²) in [4.78, 5) is 0. The van der Waals surface area contributed by atoms with Crippen LogP contribution in [0.1, 0.15) is 25.8 Å². The molecular formula is C11H16N2O. The molecular weight excluding hydrogens is 176 g/mol. The highest BCUT2D eigenvalue weighted by molar-refractivity contribution is 5.51. The van der Waals surface area contributed by atoms with Crippen LogP contribution in [0.25, 0.3) is 0 Å². The van der Waals surface area contributed by atoms with Crippen LogP contribution in [0.4, 0.5) is 5.69 Å². The molecule has 0 aromatic heterocycles. The highest BCUT2D eigenvalue weighted by Crippen LogP contribution is 2.34. The molecule has 0 radical (unpaired) electrons. The summed E-state index contributed by atoms with van der Waals surface area (Å²) in [5, 5.41) is 0. The van der Waals surface area contributed by atoms with E-state index in [0.29, 0.717) is 0 Å². The van der Waals surface area contributed by atoms with Crippen molar-refractivity contribution in [3.05, 3.63) is 23.8 Å². The van der Waals surface area contributed by atoms with E-state index in [2.05, 4.69) is 19.3 Å². The average Bonchev–Trinajstić information content (AvgIpc) is 2.16. The van der Waals surface area contributed by atoms with Crippen molar-refractivity contribution in [2.24, 2.45) is 5.84 Å². The Hall–Kier alpha value is -1.22. The molecule has 1 aliphatic heterocycles. The van der Waals surface area contributed by atoms with E-state index in [4.69, 9.17) is 10.6 Å². The summed E-state index contributed by atoms with van der Waals surface area (Å²) in [6, 6.07) is 5.95. The lowest BCUT2D eigenvalue weighted by Crippen LogP contribution is -2.32. The molecule has 3 N–H and O–H groups in total. The van der Waals surface area contributed by atoms with Gasteiger partial charge in [0.1, 0.15) is 11.4 Å². The number of aryl methyl sites for hydroxylation is 1. The Bertz CT molecular complexity index is 347. The topological polar surface area (TPSA) is 47.3 Å². The van der Waals surface area contributed by atoms with Crippen molar-refractivity contribution >= 4 is 5.69 Å². The number of nitrogens with two attached hydrogens (primary N) is 1. The predicted octanol–water partition coefficient (Wildman–Crippen LogP) is 2.08.